The Morgan fingerprint density at radius 1 is 1.38 bits per heavy atom. The number of hydrogen-bond donors (Lipinski definition) is 2. The van der Waals surface area contributed by atoms with Gasteiger partial charge in [0, 0.05) is 12.7 Å². The van der Waals surface area contributed by atoms with Gasteiger partial charge < -0.3 is 10.6 Å². The number of nitrogens with zero attached hydrogens (tertiary/aromatic N) is 3. The normalized spacial score (nSPS) is 10.2. The zero-order chi connectivity index (χ0) is 15.2. The summed E-state index contributed by atoms with van der Waals surface area (Å²) in [5, 5.41) is 5.62. The second kappa shape index (κ2) is 6.74. The van der Waals surface area contributed by atoms with E-state index in [2.05, 4.69) is 25.6 Å². The maximum atomic E-state index is 13.3. The van der Waals surface area contributed by atoms with Crippen molar-refractivity contribution < 1.29 is 9.18 Å². The molecule has 21 heavy (non-hydrogen) atoms. The molecule has 2 aromatic heterocycles. The summed E-state index contributed by atoms with van der Waals surface area (Å²) >= 11 is 0. The van der Waals surface area contributed by atoms with Crippen molar-refractivity contribution in [2.45, 2.75) is 20.4 Å². The van der Waals surface area contributed by atoms with Crippen LogP contribution < -0.4 is 10.6 Å². The summed E-state index contributed by atoms with van der Waals surface area (Å²) in [4.78, 5) is 24.2. The van der Waals surface area contributed by atoms with E-state index in [-0.39, 0.29) is 12.1 Å². The second-order valence-electron chi connectivity index (χ2n) is 4.36. The van der Waals surface area contributed by atoms with Gasteiger partial charge in [0.05, 0.1) is 24.0 Å². The van der Waals surface area contributed by atoms with Crippen molar-refractivity contribution in [3.8, 4) is 0 Å². The minimum absolute atomic E-state index is 0.169. The van der Waals surface area contributed by atoms with E-state index in [9.17, 15) is 9.18 Å². The molecule has 0 saturated heterocycles. The fourth-order valence-electron chi connectivity index (χ4n) is 1.79. The Kier molecular flexibility index (Phi) is 4.76. The van der Waals surface area contributed by atoms with E-state index in [1.165, 1.54) is 0 Å². The van der Waals surface area contributed by atoms with Gasteiger partial charge in [-0.3, -0.25) is 4.79 Å². The van der Waals surface area contributed by atoms with Crippen molar-refractivity contribution in [2.24, 2.45) is 0 Å². The first kappa shape index (κ1) is 14.8. The number of hydrogen-bond acceptors (Lipinski definition) is 5. The summed E-state index contributed by atoms with van der Waals surface area (Å²) in [6.07, 6.45) is 2.69. The molecule has 110 valence electrons. The summed E-state index contributed by atoms with van der Waals surface area (Å²) in [7, 11) is 0. The number of amides is 1. The van der Waals surface area contributed by atoms with E-state index in [1.54, 1.807) is 19.2 Å². The maximum absolute atomic E-state index is 13.3. The average molecular weight is 289 g/mol. The standard InChI is InChI=1S/C14H16FN5O/c1-3-16-13-12(6-10(15)7-18-13)14(21)19-8-11-4-5-17-9(2)20-11/h4-7H,3,8H2,1-2H3,(H,16,18)(H,19,21). The van der Waals surface area contributed by atoms with Gasteiger partial charge in [0.1, 0.15) is 17.5 Å². The molecule has 6 nitrogen and oxygen atoms in total. The summed E-state index contributed by atoms with van der Waals surface area (Å²) in [5.74, 6) is 0.0201. The Balaban J connectivity index is 2.11. The van der Waals surface area contributed by atoms with Crippen LogP contribution in [-0.4, -0.2) is 27.4 Å². The maximum Gasteiger partial charge on any atom is 0.255 e. The lowest BCUT2D eigenvalue weighted by Gasteiger charge is -2.10. The number of anilines is 1. The molecule has 0 unspecified atom stereocenters. The Labute approximate surface area is 121 Å². The molecule has 2 N–H and O–H groups in total. The fourth-order valence-corrected chi connectivity index (χ4v) is 1.79. The Morgan fingerprint density at radius 2 is 2.19 bits per heavy atom. The van der Waals surface area contributed by atoms with Crippen LogP contribution in [0.25, 0.3) is 0 Å². The molecule has 0 aliphatic heterocycles. The number of pyridine rings is 1. The molecule has 1 amide bonds. The number of aryl methyl sites for hydroxylation is 1. The molecule has 2 rings (SSSR count). The first-order valence-corrected chi connectivity index (χ1v) is 6.56. The number of aromatic nitrogens is 3. The molecule has 0 aliphatic carbocycles. The molecule has 0 aromatic carbocycles. The smallest absolute Gasteiger partial charge is 0.255 e. The Morgan fingerprint density at radius 3 is 2.90 bits per heavy atom. The predicted molar refractivity (Wildman–Crippen MR) is 76.3 cm³/mol. The highest BCUT2D eigenvalue weighted by molar-refractivity contribution is 5.98. The predicted octanol–water partition coefficient (Wildman–Crippen LogP) is 1.68. The van der Waals surface area contributed by atoms with Crippen LogP contribution in [-0.2, 0) is 6.54 Å². The number of nitrogens with one attached hydrogen (secondary N) is 2. The zero-order valence-electron chi connectivity index (χ0n) is 11.9. The largest absolute Gasteiger partial charge is 0.370 e. The van der Waals surface area contributed by atoms with Gasteiger partial charge in [0.15, 0.2) is 0 Å². The molecule has 0 bridgehead atoms. The summed E-state index contributed by atoms with van der Waals surface area (Å²) in [6, 6.07) is 2.87. The van der Waals surface area contributed by atoms with Crippen LogP contribution in [0.5, 0.6) is 0 Å². The van der Waals surface area contributed by atoms with Crippen LogP contribution in [0.2, 0.25) is 0 Å². The van der Waals surface area contributed by atoms with Crippen LogP contribution in [0.15, 0.2) is 24.5 Å². The van der Waals surface area contributed by atoms with Crippen molar-refractivity contribution in [3.05, 3.63) is 47.4 Å². The van der Waals surface area contributed by atoms with Crippen LogP contribution in [0, 0.1) is 12.7 Å². The highest BCUT2D eigenvalue weighted by atomic mass is 19.1. The van der Waals surface area contributed by atoms with Gasteiger partial charge in [-0.1, -0.05) is 0 Å². The van der Waals surface area contributed by atoms with Gasteiger partial charge >= 0.3 is 0 Å². The lowest BCUT2D eigenvalue weighted by atomic mass is 10.2. The molecule has 0 saturated carbocycles. The summed E-state index contributed by atoms with van der Waals surface area (Å²) in [6.45, 7) is 4.47. The number of carbonyl (C=O) groups excluding carboxylic acids is 1. The number of rotatable bonds is 5. The lowest BCUT2D eigenvalue weighted by Crippen LogP contribution is -2.25. The third-order valence-corrected chi connectivity index (χ3v) is 2.71. The van der Waals surface area contributed by atoms with E-state index in [0.29, 0.717) is 23.9 Å². The van der Waals surface area contributed by atoms with E-state index in [1.807, 2.05) is 6.92 Å². The van der Waals surface area contributed by atoms with Gasteiger partial charge in [-0.25, -0.2) is 19.3 Å². The first-order chi connectivity index (χ1) is 10.1. The SMILES string of the molecule is CCNc1ncc(F)cc1C(=O)NCc1ccnc(C)n1. The van der Waals surface area contributed by atoms with Gasteiger partial charge in [-0.15, -0.1) is 0 Å². The van der Waals surface area contributed by atoms with Crippen molar-refractivity contribution >= 4 is 11.7 Å². The minimum atomic E-state index is -0.556. The molecule has 0 fully saturated rings. The highest BCUT2D eigenvalue weighted by Crippen LogP contribution is 2.13. The quantitative estimate of drug-likeness (QED) is 0.875. The summed E-state index contributed by atoms with van der Waals surface area (Å²) in [5.41, 5.74) is 0.854. The fraction of sp³-hybridized carbons (Fsp3) is 0.286. The molecule has 2 heterocycles. The molecule has 0 radical (unpaired) electrons. The van der Waals surface area contributed by atoms with Gasteiger partial charge in [0.2, 0.25) is 0 Å². The Bertz CT molecular complexity index is 647. The monoisotopic (exact) mass is 289 g/mol. The first-order valence-electron chi connectivity index (χ1n) is 6.56. The minimum Gasteiger partial charge on any atom is -0.370 e. The number of halogens is 1. The molecular formula is C14H16FN5O. The molecule has 7 heteroatoms. The Hall–Kier alpha value is -2.57. The third kappa shape index (κ3) is 3.95. The average Bonchev–Trinajstić information content (AvgIpc) is 2.47. The van der Waals surface area contributed by atoms with Crippen LogP contribution in [0.4, 0.5) is 10.2 Å². The summed E-state index contributed by atoms with van der Waals surface area (Å²) < 4.78 is 13.3. The van der Waals surface area contributed by atoms with Gasteiger partial charge in [-0.05, 0) is 26.0 Å². The molecular weight excluding hydrogens is 273 g/mol. The zero-order valence-corrected chi connectivity index (χ0v) is 11.9. The van der Waals surface area contributed by atoms with E-state index >= 15 is 0 Å². The highest BCUT2D eigenvalue weighted by Gasteiger charge is 2.13. The van der Waals surface area contributed by atoms with Crippen molar-refractivity contribution in [2.75, 3.05) is 11.9 Å². The van der Waals surface area contributed by atoms with Gasteiger partial charge in [-0.2, -0.15) is 0 Å². The van der Waals surface area contributed by atoms with Gasteiger partial charge in [0.25, 0.3) is 5.91 Å². The van der Waals surface area contributed by atoms with E-state index in [0.717, 1.165) is 12.3 Å². The van der Waals surface area contributed by atoms with E-state index < -0.39 is 11.7 Å². The third-order valence-electron chi connectivity index (χ3n) is 2.71. The van der Waals surface area contributed by atoms with Crippen LogP contribution in [0.3, 0.4) is 0 Å². The molecule has 2 aromatic rings. The van der Waals surface area contributed by atoms with Crippen molar-refractivity contribution in [3.63, 3.8) is 0 Å². The lowest BCUT2D eigenvalue weighted by molar-refractivity contribution is 0.0950. The van der Waals surface area contributed by atoms with Crippen LogP contribution >= 0.6 is 0 Å². The van der Waals surface area contributed by atoms with Crippen molar-refractivity contribution in [1.29, 1.82) is 0 Å². The van der Waals surface area contributed by atoms with E-state index in [4.69, 9.17) is 0 Å². The van der Waals surface area contributed by atoms with Crippen LogP contribution in [0.1, 0.15) is 28.8 Å². The molecule has 0 atom stereocenters. The van der Waals surface area contributed by atoms with Crippen molar-refractivity contribution in [1.82, 2.24) is 20.3 Å². The molecule has 0 spiro atoms. The molecule has 0 aliphatic rings. The number of carbonyl (C=O) groups is 1. The second-order valence-corrected chi connectivity index (χ2v) is 4.36. The topological polar surface area (TPSA) is 79.8 Å².